The quantitative estimate of drug-likeness (QED) is 0.911. The molecule has 8 heteroatoms. The van der Waals surface area contributed by atoms with Crippen LogP contribution in [0.5, 0.6) is 0 Å². The fraction of sp³-hybridized carbons (Fsp3) is 0.143. The Labute approximate surface area is 130 Å². The molecule has 1 N–H and O–H groups in total. The summed E-state index contributed by atoms with van der Waals surface area (Å²) in [6.45, 7) is -0.0100. The van der Waals surface area contributed by atoms with Gasteiger partial charge in [-0.3, -0.25) is 0 Å². The van der Waals surface area contributed by atoms with Crippen LogP contribution in [0.15, 0.2) is 53.4 Å². The van der Waals surface area contributed by atoms with Gasteiger partial charge in [-0.25, -0.2) is 13.1 Å². The van der Waals surface area contributed by atoms with Gasteiger partial charge in [0.15, 0.2) is 0 Å². The van der Waals surface area contributed by atoms with Crippen LogP contribution in [0.25, 0.3) is 0 Å². The molecule has 22 heavy (non-hydrogen) atoms. The van der Waals surface area contributed by atoms with Crippen molar-refractivity contribution in [2.24, 2.45) is 0 Å². The zero-order chi connectivity index (χ0) is 16.4. The van der Waals surface area contributed by atoms with Gasteiger partial charge in [-0.05, 0) is 42.0 Å². The van der Waals surface area contributed by atoms with Crippen molar-refractivity contribution in [1.29, 1.82) is 0 Å². The summed E-state index contributed by atoms with van der Waals surface area (Å²) in [5, 5.41) is 0.464. The fourth-order valence-corrected chi connectivity index (χ4v) is 2.96. The number of halogens is 4. The lowest BCUT2D eigenvalue weighted by Crippen LogP contribution is -2.23. The monoisotopic (exact) mass is 349 g/mol. The minimum absolute atomic E-state index is 0.0100. The zero-order valence-corrected chi connectivity index (χ0v) is 12.6. The summed E-state index contributed by atoms with van der Waals surface area (Å²) in [6, 6.07) is 9.89. The van der Waals surface area contributed by atoms with Gasteiger partial charge in [0.05, 0.1) is 10.5 Å². The third-order valence-corrected chi connectivity index (χ3v) is 4.50. The molecule has 0 amide bonds. The number of alkyl halides is 3. The first-order chi connectivity index (χ1) is 10.2. The first-order valence-corrected chi connectivity index (χ1v) is 7.96. The number of hydrogen-bond donors (Lipinski definition) is 1. The largest absolute Gasteiger partial charge is 0.416 e. The SMILES string of the molecule is O=S(=O)(NCc1cccc(Cl)c1)c1ccc(C(F)(F)F)cc1. The van der Waals surface area contributed by atoms with Crippen molar-refractivity contribution < 1.29 is 21.6 Å². The van der Waals surface area contributed by atoms with Crippen LogP contribution in [0.4, 0.5) is 13.2 Å². The van der Waals surface area contributed by atoms with E-state index in [0.717, 1.165) is 24.3 Å². The molecule has 0 bridgehead atoms. The molecule has 0 heterocycles. The van der Waals surface area contributed by atoms with E-state index in [0.29, 0.717) is 10.6 Å². The molecule has 0 fully saturated rings. The highest BCUT2D eigenvalue weighted by Gasteiger charge is 2.30. The molecule has 2 rings (SSSR count). The highest BCUT2D eigenvalue weighted by atomic mass is 35.5. The van der Waals surface area contributed by atoms with Gasteiger partial charge >= 0.3 is 6.18 Å². The molecule has 0 spiro atoms. The van der Waals surface area contributed by atoms with Crippen LogP contribution in [-0.2, 0) is 22.7 Å². The van der Waals surface area contributed by atoms with Gasteiger partial charge in [-0.1, -0.05) is 23.7 Å². The molecule has 2 aromatic carbocycles. The van der Waals surface area contributed by atoms with E-state index in [1.165, 1.54) is 0 Å². The second-order valence-electron chi connectivity index (χ2n) is 4.48. The fourth-order valence-electron chi connectivity index (χ4n) is 1.73. The minimum Gasteiger partial charge on any atom is -0.207 e. The Morgan fingerprint density at radius 2 is 1.68 bits per heavy atom. The van der Waals surface area contributed by atoms with E-state index in [1.54, 1.807) is 24.3 Å². The molecular formula is C14H11ClF3NO2S. The number of benzene rings is 2. The summed E-state index contributed by atoms with van der Waals surface area (Å²) in [7, 11) is -3.89. The highest BCUT2D eigenvalue weighted by Crippen LogP contribution is 2.29. The van der Waals surface area contributed by atoms with Crippen molar-refractivity contribution in [3.63, 3.8) is 0 Å². The average molecular weight is 350 g/mol. The third-order valence-electron chi connectivity index (χ3n) is 2.85. The van der Waals surface area contributed by atoms with Crippen LogP contribution in [0.1, 0.15) is 11.1 Å². The summed E-state index contributed by atoms with van der Waals surface area (Å²) in [5.74, 6) is 0. The summed E-state index contributed by atoms with van der Waals surface area (Å²) >= 11 is 5.79. The second kappa shape index (κ2) is 6.28. The first kappa shape index (κ1) is 16.8. The summed E-state index contributed by atoms with van der Waals surface area (Å²) in [6.07, 6.45) is -4.50. The Bertz CT molecular complexity index is 758. The molecule has 0 aliphatic rings. The number of rotatable bonds is 4. The Morgan fingerprint density at radius 1 is 1.05 bits per heavy atom. The molecule has 3 nitrogen and oxygen atoms in total. The van der Waals surface area contributed by atoms with Gasteiger partial charge in [0.2, 0.25) is 10.0 Å². The Kier molecular flexibility index (Phi) is 4.79. The summed E-state index contributed by atoms with van der Waals surface area (Å²) < 4.78 is 63.7. The van der Waals surface area contributed by atoms with Crippen molar-refractivity contribution >= 4 is 21.6 Å². The van der Waals surface area contributed by atoms with E-state index in [2.05, 4.69) is 4.72 Å². The number of nitrogens with one attached hydrogen (secondary N) is 1. The molecule has 0 unspecified atom stereocenters. The molecule has 0 aromatic heterocycles. The van der Waals surface area contributed by atoms with E-state index < -0.39 is 21.8 Å². The molecular weight excluding hydrogens is 339 g/mol. The molecule has 0 radical (unpaired) electrons. The van der Waals surface area contributed by atoms with Gasteiger partial charge in [0, 0.05) is 11.6 Å². The predicted molar refractivity (Wildman–Crippen MR) is 76.9 cm³/mol. The molecule has 2 aromatic rings. The summed E-state index contributed by atoms with van der Waals surface area (Å²) in [4.78, 5) is -0.234. The molecule has 118 valence electrons. The van der Waals surface area contributed by atoms with Gasteiger partial charge in [-0.15, -0.1) is 0 Å². The van der Waals surface area contributed by atoms with E-state index in [-0.39, 0.29) is 11.4 Å². The molecule has 0 aliphatic carbocycles. The second-order valence-corrected chi connectivity index (χ2v) is 6.68. The third kappa shape index (κ3) is 4.22. The number of sulfonamides is 1. The van der Waals surface area contributed by atoms with Crippen molar-refractivity contribution in [2.75, 3.05) is 0 Å². The average Bonchev–Trinajstić information content (AvgIpc) is 2.45. The van der Waals surface area contributed by atoms with Crippen LogP contribution in [-0.4, -0.2) is 8.42 Å². The Morgan fingerprint density at radius 3 is 2.23 bits per heavy atom. The molecule has 0 saturated heterocycles. The Hall–Kier alpha value is -1.57. The highest BCUT2D eigenvalue weighted by molar-refractivity contribution is 7.89. The van der Waals surface area contributed by atoms with E-state index in [9.17, 15) is 21.6 Å². The van der Waals surface area contributed by atoms with Crippen LogP contribution < -0.4 is 4.72 Å². The predicted octanol–water partition coefficient (Wildman–Crippen LogP) is 3.84. The van der Waals surface area contributed by atoms with Crippen LogP contribution in [0.2, 0.25) is 5.02 Å². The maximum absolute atomic E-state index is 12.4. The molecule has 0 aliphatic heterocycles. The lowest BCUT2D eigenvalue weighted by atomic mass is 10.2. The van der Waals surface area contributed by atoms with Crippen molar-refractivity contribution in [2.45, 2.75) is 17.6 Å². The normalized spacial score (nSPS) is 12.4. The topological polar surface area (TPSA) is 46.2 Å². The van der Waals surface area contributed by atoms with Crippen molar-refractivity contribution in [3.05, 3.63) is 64.7 Å². The lowest BCUT2D eigenvalue weighted by Gasteiger charge is -2.09. The first-order valence-electron chi connectivity index (χ1n) is 6.10. The van der Waals surface area contributed by atoms with Crippen molar-refractivity contribution in [3.8, 4) is 0 Å². The number of hydrogen-bond acceptors (Lipinski definition) is 2. The standard InChI is InChI=1S/C14H11ClF3NO2S/c15-12-3-1-2-10(8-12)9-19-22(20,21)13-6-4-11(5-7-13)14(16,17)18/h1-8,19H,9H2. The van der Waals surface area contributed by atoms with Crippen LogP contribution >= 0.6 is 11.6 Å². The maximum atomic E-state index is 12.4. The van der Waals surface area contributed by atoms with E-state index in [4.69, 9.17) is 11.6 Å². The van der Waals surface area contributed by atoms with Crippen LogP contribution in [0.3, 0.4) is 0 Å². The van der Waals surface area contributed by atoms with Gasteiger partial charge < -0.3 is 0 Å². The molecule has 0 saturated carbocycles. The van der Waals surface area contributed by atoms with E-state index >= 15 is 0 Å². The lowest BCUT2D eigenvalue weighted by molar-refractivity contribution is -0.137. The van der Waals surface area contributed by atoms with E-state index in [1.807, 2.05) is 0 Å². The zero-order valence-electron chi connectivity index (χ0n) is 11.1. The van der Waals surface area contributed by atoms with Gasteiger partial charge in [-0.2, -0.15) is 13.2 Å². The summed E-state index contributed by atoms with van der Waals surface area (Å²) in [5.41, 5.74) is -0.260. The van der Waals surface area contributed by atoms with Gasteiger partial charge in [0.1, 0.15) is 0 Å². The van der Waals surface area contributed by atoms with Crippen molar-refractivity contribution in [1.82, 2.24) is 4.72 Å². The molecule has 0 atom stereocenters. The van der Waals surface area contributed by atoms with Gasteiger partial charge in [0.25, 0.3) is 0 Å². The smallest absolute Gasteiger partial charge is 0.207 e. The minimum atomic E-state index is -4.50. The Balaban J connectivity index is 2.13. The van der Waals surface area contributed by atoms with Crippen LogP contribution in [0, 0.1) is 0 Å². The maximum Gasteiger partial charge on any atom is 0.416 e.